The molecule has 1 aliphatic rings. The van der Waals surface area contributed by atoms with E-state index in [1.165, 1.54) is 0 Å². The van der Waals surface area contributed by atoms with Crippen molar-refractivity contribution in [3.8, 4) is 0 Å². The zero-order valence-corrected chi connectivity index (χ0v) is 18.6. The molecule has 0 saturated carbocycles. The van der Waals surface area contributed by atoms with Crippen LogP contribution in [0.1, 0.15) is 11.8 Å². The summed E-state index contributed by atoms with van der Waals surface area (Å²) in [4.78, 5) is 51.6. The van der Waals surface area contributed by atoms with Gasteiger partial charge in [-0.05, 0) is 12.0 Å². The first-order valence-electron chi connectivity index (χ1n) is 9.50. The second-order valence-corrected chi connectivity index (χ2v) is 9.94. The van der Waals surface area contributed by atoms with Gasteiger partial charge in [0.2, 0.25) is 0 Å². The molecule has 5 N–H and O–H groups in total. The van der Waals surface area contributed by atoms with Gasteiger partial charge < -0.3 is 29.6 Å². The van der Waals surface area contributed by atoms with Gasteiger partial charge in [-0.1, -0.05) is 30.3 Å². The Hall–Kier alpha value is -1.96. The summed E-state index contributed by atoms with van der Waals surface area (Å²) in [7, 11) is -10.6. The highest BCUT2D eigenvalue weighted by Gasteiger charge is 2.45. The molecule has 0 amide bonds. The lowest BCUT2D eigenvalue weighted by atomic mass is 10.1. The van der Waals surface area contributed by atoms with Crippen LogP contribution in [-0.4, -0.2) is 58.9 Å². The van der Waals surface area contributed by atoms with Gasteiger partial charge in [0.15, 0.2) is 6.23 Å². The first-order valence-corrected chi connectivity index (χ1v) is 12.5. The average Bonchev–Trinajstić information content (AvgIpc) is 3.00. The number of ether oxygens (including phenoxy) is 1. The molecule has 3 rings (SSSR count). The molecular formula is C17H22N2O12P2. The van der Waals surface area contributed by atoms with Crippen LogP contribution in [0.2, 0.25) is 0 Å². The predicted molar refractivity (Wildman–Crippen MR) is 110 cm³/mol. The normalized spacial score (nSPS) is 25.1. The Morgan fingerprint density at radius 1 is 1.00 bits per heavy atom. The van der Waals surface area contributed by atoms with Gasteiger partial charge in [-0.25, -0.2) is 13.9 Å². The quantitative estimate of drug-likeness (QED) is 0.261. The van der Waals surface area contributed by atoms with Gasteiger partial charge >= 0.3 is 21.3 Å². The number of aliphatic hydroxyl groups is 2. The monoisotopic (exact) mass is 508 g/mol. The summed E-state index contributed by atoms with van der Waals surface area (Å²) in [5, 5.41) is 20.5. The number of phosphoric ester groups is 1. The Bertz CT molecular complexity index is 1180. The number of rotatable bonds is 9. The van der Waals surface area contributed by atoms with E-state index in [-0.39, 0.29) is 6.54 Å². The minimum Gasteiger partial charge on any atom is -0.387 e. The number of nitrogens with zero attached hydrogens (tertiary/aromatic N) is 2. The highest BCUT2D eigenvalue weighted by molar-refractivity contribution is 7.60. The molecule has 33 heavy (non-hydrogen) atoms. The molecule has 0 bridgehead atoms. The SMILES string of the molecule is O=c1ccn([C@@H]2O[C@H](COP(=O)(O)OP(=O)(O)O)[C@H](O)C2O)c(=O)n1CCc1ccccc1. The number of hydrogen-bond donors (Lipinski definition) is 5. The van der Waals surface area contributed by atoms with E-state index in [2.05, 4.69) is 8.83 Å². The fraction of sp³-hybridized carbons (Fsp3) is 0.412. The van der Waals surface area contributed by atoms with Gasteiger partial charge in [-0.3, -0.25) is 18.5 Å². The van der Waals surface area contributed by atoms with E-state index < -0.39 is 58.0 Å². The Morgan fingerprint density at radius 3 is 2.30 bits per heavy atom. The van der Waals surface area contributed by atoms with Crippen LogP contribution in [0.4, 0.5) is 0 Å². The van der Waals surface area contributed by atoms with E-state index >= 15 is 0 Å². The number of aromatic nitrogens is 2. The van der Waals surface area contributed by atoms with Crippen LogP contribution in [0, 0.1) is 0 Å². The molecule has 1 aliphatic heterocycles. The number of phosphoric acid groups is 2. The molecule has 16 heteroatoms. The second-order valence-electron chi connectivity index (χ2n) is 7.11. The molecule has 2 unspecified atom stereocenters. The van der Waals surface area contributed by atoms with E-state index in [0.29, 0.717) is 6.42 Å². The summed E-state index contributed by atoms with van der Waals surface area (Å²) in [6.07, 6.45) is -4.91. The minimum absolute atomic E-state index is 0.0356. The smallest absolute Gasteiger partial charge is 0.387 e. The lowest BCUT2D eigenvalue weighted by Gasteiger charge is -2.19. The molecule has 0 aliphatic carbocycles. The van der Waals surface area contributed by atoms with E-state index in [0.717, 1.165) is 27.0 Å². The van der Waals surface area contributed by atoms with Crippen LogP contribution in [0.3, 0.4) is 0 Å². The molecule has 1 aromatic carbocycles. The van der Waals surface area contributed by atoms with Crippen LogP contribution in [0.5, 0.6) is 0 Å². The zero-order chi connectivity index (χ0) is 24.4. The maximum Gasteiger partial charge on any atom is 0.481 e. The van der Waals surface area contributed by atoms with Crippen molar-refractivity contribution >= 4 is 15.6 Å². The molecule has 0 spiro atoms. The molecular weight excluding hydrogens is 486 g/mol. The molecule has 2 heterocycles. The Kier molecular flexibility index (Phi) is 7.87. The molecule has 1 aromatic heterocycles. The molecule has 2 aromatic rings. The number of aliphatic hydroxyl groups excluding tert-OH is 2. The zero-order valence-electron chi connectivity index (χ0n) is 16.9. The first kappa shape index (κ1) is 25.7. The van der Waals surface area contributed by atoms with Crippen LogP contribution >= 0.6 is 15.6 Å². The topological polar surface area (TPSA) is 207 Å². The van der Waals surface area contributed by atoms with Crippen molar-refractivity contribution in [2.45, 2.75) is 37.5 Å². The summed E-state index contributed by atoms with van der Waals surface area (Å²) < 4.78 is 37.5. The van der Waals surface area contributed by atoms with Crippen LogP contribution in [-0.2, 0) is 35.7 Å². The van der Waals surface area contributed by atoms with Gasteiger partial charge in [-0.2, -0.15) is 4.31 Å². The minimum atomic E-state index is -5.35. The van der Waals surface area contributed by atoms with E-state index in [9.17, 15) is 33.8 Å². The fourth-order valence-electron chi connectivity index (χ4n) is 3.24. The molecule has 14 nitrogen and oxygen atoms in total. The van der Waals surface area contributed by atoms with Crippen molar-refractivity contribution in [2.75, 3.05) is 6.61 Å². The van der Waals surface area contributed by atoms with Crippen LogP contribution in [0.15, 0.2) is 52.2 Å². The van der Waals surface area contributed by atoms with Gasteiger partial charge in [-0.15, -0.1) is 0 Å². The fourth-order valence-corrected chi connectivity index (χ4v) is 4.84. The summed E-state index contributed by atoms with van der Waals surface area (Å²) in [5.41, 5.74) is -0.528. The number of benzene rings is 1. The molecule has 182 valence electrons. The van der Waals surface area contributed by atoms with Gasteiger partial charge in [0.05, 0.1) is 6.61 Å². The van der Waals surface area contributed by atoms with Gasteiger partial charge in [0, 0.05) is 18.8 Å². The summed E-state index contributed by atoms with van der Waals surface area (Å²) in [6, 6.07) is 10.2. The second kappa shape index (κ2) is 10.1. The largest absolute Gasteiger partial charge is 0.481 e. The van der Waals surface area contributed by atoms with Crippen molar-refractivity contribution in [1.29, 1.82) is 0 Å². The summed E-state index contributed by atoms with van der Waals surface area (Å²) >= 11 is 0. The van der Waals surface area contributed by atoms with Gasteiger partial charge in [0.25, 0.3) is 5.56 Å². The third-order valence-electron chi connectivity index (χ3n) is 4.79. The lowest BCUT2D eigenvalue weighted by molar-refractivity contribution is -0.0548. The van der Waals surface area contributed by atoms with E-state index in [1.54, 1.807) is 0 Å². The maximum absolute atomic E-state index is 12.9. The molecule has 1 saturated heterocycles. The van der Waals surface area contributed by atoms with Crippen LogP contribution in [0.25, 0.3) is 0 Å². The van der Waals surface area contributed by atoms with Crippen molar-refractivity contribution in [1.82, 2.24) is 9.13 Å². The highest BCUT2D eigenvalue weighted by Crippen LogP contribution is 2.57. The highest BCUT2D eigenvalue weighted by atomic mass is 31.3. The average molecular weight is 508 g/mol. The third kappa shape index (κ3) is 6.55. The number of hydrogen-bond acceptors (Lipinski definition) is 9. The van der Waals surface area contributed by atoms with Crippen molar-refractivity contribution in [3.63, 3.8) is 0 Å². The molecule has 0 radical (unpaired) electrons. The summed E-state index contributed by atoms with van der Waals surface area (Å²) in [5.74, 6) is 0. The third-order valence-corrected chi connectivity index (χ3v) is 6.94. The molecule has 5 atom stereocenters. The van der Waals surface area contributed by atoms with Crippen molar-refractivity contribution < 1.29 is 47.6 Å². The summed E-state index contributed by atoms with van der Waals surface area (Å²) in [6.45, 7) is -0.876. The Morgan fingerprint density at radius 2 is 1.67 bits per heavy atom. The molecule has 1 fully saturated rings. The van der Waals surface area contributed by atoms with E-state index in [1.807, 2.05) is 30.3 Å². The van der Waals surface area contributed by atoms with E-state index in [4.69, 9.17) is 14.5 Å². The standard InChI is InChI=1S/C17H22N2O12P2/c20-13-7-9-19(17(23)18(13)8-6-11-4-2-1-3-5-11)16-15(22)14(21)12(30-16)10-29-33(27,28)31-32(24,25)26/h1-5,7,9,12,14-16,21-22H,6,8,10H2,(H,27,28)(H2,24,25,26)/t12-,14+,15?,16-/m1/s1. The Balaban J connectivity index is 1.75. The van der Waals surface area contributed by atoms with Gasteiger partial charge in [0.1, 0.15) is 18.3 Å². The Labute approximate surface area is 186 Å². The lowest BCUT2D eigenvalue weighted by Crippen LogP contribution is -2.43. The predicted octanol–water partition coefficient (Wildman–Crippen LogP) is -0.902. The maximum atomic E-state index is 12.9. The van der Waals surface area contributed by atoms with Crippen molar-refractivity contribution in [3.05, 3.63) is 69.0 Å². The first-order chi connectivity index (χ1) is 15.4. The number of aryl methyl sites for hydroxylation is 1. The van der Waals surface area contributed by atoms with Crippen LogP contribution < -0.4 is 11.2 Å². The van der Waals surface area contributed by atoms with Crippen molar-refractivity contribution in [2.24, 2.45) is 0 Å².